The van der Waals surface area contributed by atoms with E-state index in [1.54, 1.807) is 0 Å². The third kappa shape index (κ3) is 58.0. The summed E-state index contributed by atoms with van der Waals surface area (Å²) >= 11 is 0. The van der Waals surface area contributed by atoms with Crippen molar-refractivity contribution >= 4 is 17.9 Å². The second kappa shape index (κ2) is 60.7. The molecule has 6 heteroatoms. The maximum absolute atomic E-state index is 12.9. The minimum Gasteiger partial charge on any atom is -0.462 e. The van der Waals surface area contributed by atoms with Crippen LogP contribution < -0.4 is 0 Å². The highest BCUT2D eigenvalue weighted by Gasteiger charge is 2.19. The topological polar surface area (TPSA) is 78.9 Å². The molecule has 0 aromatic heterocycles. The number of allylic oxidation sites excluding steroid dienone is 10. The molecule has 0 saturated carbocycles. The number of esters is 3. The molecule has 0 heterocycles. The van der Waals surface area contributed by atoms with E-state index in [4.69, 9.17) is 14.2 Å². The minimum atomic E-state index is -0.785. The van der Waals surface area contributed by atoms with Gasteiger partial charge < -0.3 is 14.2 Å². The number of hydrogen-bond acceptors (Lipinski definition) is 6. The van der Waals surface area contributed by atoms with Crippen LogP contribution in [0.1, 0.15) is 323 Å². The zero-order valence-corrected chi connectivity index (χ0v) is 47.9. The first-order valence-corrected chi connectivity index (χ1v) is 31.3. The van der Waals surface area contributed by atoms with Crippen molar-refractivity contribution in [3.63, 3.8) is 0 Å². The Morgan fingerprint density at radius 2 is 0.500 bits per heavy atom. The normalized spacial score (nSPS) is 12.4. The van der Waals surface area contributed by atoms with E-state index in [-0.39, 0.29) is 31.1 Å². The molecule has 0 radical (unpaired) electrons. The van der Waals surface area contributed by atoms with E-state index in [0.29, 0.717) is 19.3 Å². The second-order valence-corrected chi connectivity index (χ2v) is 21.0. The van der Waals surface area contributed by atoms with E-state index >= 15 is 0 Å². The predicted molar refractivity (Wildman–Crippen MR) is 312 cm³/mol. The molecule has 1 atom stereocenters. The highest BCUT2D eigenvalue weighted by atomic mass is 16.6. The number of ether oxygens (including phenoxy) is 3. The van der Waals surface area contributed by atoms with Crippen molar-refractivity contribution in [2.45, 2.75) is 329 Å². The van der Waals surface area contributed by atoms with Gasteiger partial charge in [0.2, 0.25) is 0 Å². The molecule has 0 aromatic rings. The van der Waals surface area contributed by atoms with Gasteiger partial charge in [0.25, 0.3) is 0 Å². The van der Waals surface area contributed by atoms with E-state index in [1.165, 1.54) is 186 Å². The number of carbonyl (C=O) groups is 3. The van der Waals surface area contributed by atoms with Gasteiger partial charge in [-0.15, -0.1) is 0 Å². The van der Waals surface area contributed by atoms with Gasteiger partial charge >= 0.3 is 17.9 Å². The van der Waals surface area contributed by atoms with Gasteiger partial charge in [-0.05, 0) is 109 Å². The molecule has 0 aromatic carbocycles. The van der Waals surface area contributed by atoms with Gasteiger partial charge in [0, 0.05) is 19.3 Å². The Morgan fingerprint density at radius 3 is 0.806 bits per heavy atom. The Balaban J connectivity index is 4.34. The van der Waals surface area contributed by atoms with E-state index < -0.39 is 6.10 Å². The maximum Gasteiger partial charge on any atom is 0.306 e. The van der Waals surface area contributed by atoms with Gasteiger partial charge in [0.1, 0.15) is 13.2 Å². The van der Waals surface area contributed by atoms with E-state index in [2.05, 4.69) is 81.5 Å². The third-order valence-corrected chi connectivity index (χ3v) is 13.7. The summed E-state index contributed by atoms with van der Waals surface area (Å²) in [6.45, 7) is 6.62. The van der Waals surface area contributed by atoms with Crippen molar-refractivity contribution in [3.8, 4) is 0 Å². The minimum absolute atomic E-state index is 0.0817. The largest absolute Gasteiger partial charge is 0.462 e. The van der Waals surface area contributed by atoms with Crippen LogP contribution in [0.2, 0.25) is 0 Å². The van der Waals surface area contributed by atoms with Gasteiger partial charge in [-0.2, -0.15) is 0 Å². The molecule has 0 aliphatic rings. The first-order valence-electron chi connectivity index (χ1n) is 31.3. The first-order chi connectivity index (χ1) is 35.5. The molecular formula is C66H118O6. The molecule has 418 valence electrons. The van der Waals surface area contributed by atoms with Crippen LogP contribution in [-0.2, 0) is 28.6 Å². The van der Waals surface area contributed by atoms with E-state index in [0.717, 1.165) is 96.3 Å². The smallest absolute Gasteiger partial charge is 0.306 e. The third-order valence-electron chi connectivity index (χ3n) is 13.7. The van der Waals surface area contributed by atoms with Crippen LogP contribution in [0.4, 0.5) is 0 Å². The lowest BCUT2D eigenvalue weighted by molar-refractivity contribution is -0.167. The molecule has 0 aliphatic heterocycles. The molecule has 0 bridgehead atoms. The fourth-order valence-corrected chi connectivity index (χ4v) is 8.97. The standard InChI is InChI=1S/C66H118O6/c1-4-7-10-13-16-19-22-25-28-30-31-32-33-34-35-36-39-41-44-47-50-53-56-59-65(68)71-62-63(61-70-64(67)58-55-52-49-46-43-40-37-27-24-21-18-15-12-9-6-3)72-66(69)60-57-54-51-48-45-42-38-29-26-23-20-17-14-11-8-5-2/h18,21-22,25,27,29-31,37-38,63H,4-17,19-20,23-24,26,28,32-36,39-62H2,1-3H3/b21-18-,25-22-,31-30-,37-27-,38-29-. The molecule has 0 rings (SSSR count). The van der Waals surface area contributed by atoms with Crippen molar-refractivity contribution in [2.75, 3.05) is 13.2 Å². The monoisotopic (exact) mass is 1010 g/mol. The molecule has 6 nitrogen and oxygen atoms in total. The van der Waals surface area contributed by atoms with Crippen molar-refractivity contribution in [1.82, 2.24) is 0 Å². The van der Waals surface area contributed by atoms with Crippen LogP contribution in [0.5, 0.6) is 0 Å². The summed E-state index contributed by atoms with van der Waals surface area (Å²) in [6.07, 6.45) is 76.4. The molecule has 72 heavy (non-hydrogen) atoms. The highest BCUT2D eigenvalue weighted by molar-refractivity contribution is 5.71. The zero-order valence-electron chi connectivity index (χ0n) is 47.9. The molecule has 0 spiro atoms. The lowest BCUT2D eigenvalue weighted by atomic mass is 10.0. The summed E-state index contributed by atoms with van der Waals surface area (Å²) in [7, 11) is 0. The molecule has 0 amide bonds. The van der Waals surface area contributed by atoms with Crippen LogP contribution in [0.3, 0.4) is 0 Å². The summed E-state index contributed by atoms with van der Waals surface area (Å²) in [5.41, 5.74) is 0. The van der Waals surface area contributed by atoms with Gasteiger partial charge in [-0.3, -0.25) is 14.4 Å². The van der Waals surface area contributed by atoms with Gasteiger partial charge in [-0.25, -0.2) is 0 Å². The second-order valence-electron chi connectivity index (χ2n) is 21.0. The van der Waals surface area contributed by atoms with E-state index in [1.807, 2.05) is 0 Å². The summed E-state index contributed by atoms with van der Waals surface area (Å²) in [6, 6.07) is 0. The number of unbranched alkanes of at least 4 members (excludes halogenated alkanes) is 36. The fourth-order valence-electron chi connectivity index (χ4n) is 8.97. The van der Waals surface area contributed by atoms with Crippen LogP contribution in [-0.4, -0.2) is 37.2 Å². The first kappa shape index (κ1) is 69.1. The molecule has 0 N–H and O–H groups in total. The fraction of sp³-hybridized carbons (Fsp3) is 0.803. The Bertz CT molecular complexity index is 1290. The average molecular weight is 1010 g/mol. The van der Waals surface area contributed by atoms with Gasteiger partial charge in [-0.1, -0.05) is 255 Å². The molecule has 0 saturated heterocycles. The number of rotatable bonds is 57. The zero-order chi connectivity index (χ0) is 52.2. The Labute approximate surface area is 447 Å². The van der Waals surface area contributed by atoms with Gasteiger partial charge in [0.05, 0.1) is 0 Å². The lowest BCUT2D eigenvalue weighted by Crippen LogP contribution is -2.30. The molecule has 0 fully saturated rings. The Morgan fingerprint density at radius 1 is 0.278 bits per heavy atom. The molecule has 0 aliphatic carbocycles. The van der Waals surface area contributed by atoms with Crippen LogP contribution >= 0.6 is 0 Å². The van der Waals surface area contributed by atoms with E-state index in [9.17, 15) is 14.4 Å². The van der Waals surface area contributed by atoms with Gasteiger partial charge in [0.15, 0.2) is 6.10 Å². The van der Waals surface area contributed by atoms with Crippen LogP contribution in [0.15, 0.2) is 60.8 Å². The van der Waals surface area contributed by atoms with Crippen molar-refractivity contribution in [1.29, 1.82) is 0 Å². The number of hydrogen-bond donors (Lipinski definition) is 0. The summed E-state index contributed by atoms with van der Waals surface area (Å²) < 4.78 is 16.9. The maximum atomic E-state index is 12.9. The SMILES string of the molecule is CCCCC/C=C\C/C=C\CCCCCCCC(=O)OCC(COC(=O)CCCCCCCCCCCCC/C=C\C/C=C\CCCCCCC)OC(=O)CCCCCCC/C=C\CCCCCCCCC. The summed E-state index contributed by atoms with van der Waals surface area (Å²) in [5.74, 6) is -0.892. The Kier molecular flexibility index (Phi) is 58.2. The quantitative estimate of drug-likeness (QED) is 0.0261. The van der Waals surface area contributed by atoms with Crippen molar-refractivity contribution in [2.24, 2.45) is 0 Å². The average Bonchev–Trinajstić information content (AvgIpc) is 3.38. The van der Waals surface area contributed by atoms with Crippen LogP contribution in [0.25, 0.3) is 0 Å². The number of carbonyl (C=O) groups excluding carboxylic acids is 3. The van der Waals surface area contributed by atoms with Crippen LogP contribution in [0, 0.1) is 0 Å². The van der Waals surface area contributed by atoms with Crippen molar-refractivity contribution < 1.29 is 28.6 Å². The summed E-state index contributed by atoms with van der Waals surface area (Å²) in [4.78, 5) is 38.3. The Hall–Kier alpha value is -2.89. The molecule has 1 unspecified atom stereocenters. The lowest BCUT2D eigenvalue weighted by Gasteiger charge is -2.18. The van der Waals surface area contributed by atoms with Crippen molar-refractivity contribution in [3.05, 3.63) is 60.8 Å². The predicted octanol–water partition coefficient (Wildman–Crippen LogP) is 21.2. The summed E-state index contributed by atoms with van der Waals surface area (Å²) in [5, 5.41) is 0. The molecular weight excluding hydrogens is 889 g/mol. The highest BCUT2D eigenvalue weighted by Crippen LogP contribution is 2.16.